The minimum atomic E-state index is 0.102. The lowest BCUT2D eigenvalue weighted by molar-refractivity contribution is 0.0381. The van der Waals surface area contributed by atoms with Crippen molar-refractivity contribution < 1.29 is 0 Å². The Morgan fingerprint density at radius 1 is 1.37 bits per heavy atom. The zero-order valence-corrected chi connectivity index (χ0v) is 14.1. The second kappa shape index (κ2) is 5.72. The summed E-state index contributed by atoms with van der Waals surface area (Å²) in [5.74, 6) is 0. The predicted molar refractivity (Wildman–Crippen MR) is 85.6 cm³/mol. The molecule has 19 heavy (non-hydrogen) atoms. The SMILES string of the molecule is CC(C)(C)N1CCCC(N)C1c1cc(Cl)ccc1Br. The third-order valence-corrected chi connectivity index (χ3v) is 4.77. The van der Waals surface area contributed by atoms with E-state index in [1.807, 2.05) is 18.2 Å². The summed E-state index contributed by atoms with van der Waals surface area (Å²) < 4.78 is 1.09. The molecule has 0 bridgehead atoms. The number of nitrogens with two attached hydrogens (primary N) is 1. The van der Waals surface area contributed by atoms with Gasteiger partial charge in [-0.25, -0.2) is 0 Å². The normalized spacial score (nSPS) is 25.6. The molecule has 106 valence electrons. The topological polar surface area (TPSA) is 29.3 Å². The van der Waals surface area contributed by atoms with Gasteiger partial charge in [-0.1, -0.05) is 27.5 Å². The molecule has 0 amide bonds. The maximum atomic E-state index is 6.41. The van der Waals surface area contributed by atoms with Crippen LogP contribution in [0, 0.1) is 0 Å². The number of benzene rings is 1. The lowest BCUT2D eigenvalue weighted by Crippen LogP contribution is -2.53. The largest absolute Gasteiger partial charge is 0.326 e. The van der Waals surface area contributed by atoms with Crippen molar-refractivity contribution in [2.75, 3.05) is 6.54 Å². The van der Waals surface area contributed by atoms with Crippen molar-refractivity contribution >= 4 is 27.5 Å². The van der Waals surface area contributed by atoms with Crippen LogP contribution >= 0.6 is 27.5 Å². The highest BCUT2D eigenvalue weighted by atomic mass is 79.9. The predicted octanol–water partition coefficient (Wildman–Crippen LogP) is 4.37. The summed E-state index contributed by atoms with van der Waals surface area (Å²) in [6.45, 7) is 7.82. The van der Waals surface area contributed by atoms with Crippen LogP contribution in [-0.2, 0) is 0 Å². The van der Waals surface area contributed by atoms with Gasteiger partial charge in [0.05, 0.1) is 6.04 Å². The molecule has 2 atom stereocenters. The summed E-state index contributed by atoms with van der Waals surface area (Å²) in [6, 6.07) is 6.34. The van der Waals surface area contributed by atoms with Crippen molar-refractivity contribution in [3.63, 3.8) is 0 Å². The van der Waals surface area contributed by atoms with E-state index in [1.165, 1.54) is 5.56 Å². The van der Waals surface area contributed by atoms with Gasteiger partial charge >= 0.3 is 0 Å². The van der Waals surface area contributed by atoms with E-state index in [0.717, 1.165) is 28.9 Å². The molecule has 4 heteroatoms. The maximum Gasteiger partial charge on any atom is 0.0516 e. The second-order valence-electron chi connectivity index (χ2n) is 6.28. The average molecular weight is 346 g/mol. The monoisotopic (exact) mass is 344 g/mol. The summed E-state index contributed by atoms with van der Waals surface area (Å²) in [6.07, 6.45) is 2.23. The first-order chi connectivity index (χ1) is 8.80. The fourth-order valence-corrected chi connectivity index (χ4v) is 3.58. The Labute approximate surface area is 129 Å². The third-order valence-electron chi connectivity index (χ3n) is 3.82. The van der Waals surface area contributed by atoms with Crippen LogP contribution in [0.2, 0.25) is 5.02 Å². The highest BCUT2D eigenvalue weighted by molar-refractivity contribution is 9.10. The number of piperidine rings is 1. The summed E-state index contributed by atoms with van der Waals surface area (Å²) in [5.41, 5.74) is 7.72. The molecule has 1 fully saturated rings. The fraction of sp³-hybridized carbons (Fsp3) is 0.600. The molecule has 2 nitrogen and oxygen atoms in total. The van der Waals surface area contributed by atoms with Crippen LogP contribution in [0.25, 0.3) is 0 Å². The Balaban J connectivity index is 2.45. The lowest BCUT2D eigenvalue weighted by Gasteiger charge is -2.47. The van der Waals surface area contributed by atoms with Crippen molar-refractivity contribution in [2.24, 2.45) is 5.73 Å². The van der Waals surface area contributed by atoms with E-state index in [-0.39, 0.29) is 17.6 Å². The van der Waals surface area contributed by atoms with Gasteiger partial charge in [0.25, 0.3) is 0 Å². The van der Waals surface area contributed by atoms with Gasteiger partial charge in [0.1, 0.15) is 0 Å². The van der Waals surface area contributed by atoms with Crippen LogP contribution in [-0.4, -0.2) is 23.0 Å². The third kappa shape index (κ3) is 3.33. The molecule has 1 aliphatic rings. The van der Waals surface area contributed by atoms with E-state index in [2.05, 4.69) is 41.6 Å². The van der Waals surface area contributed by atoms with Gasteiger partial charge in [-0.2, -0.15) is 0 Å². The van der Waals surface area contributed by atoms with E-state index >= 15 is 0 Å². The van der Waals surface area contributed by atoms with Gasteiger partial charge < -0.3 is 5.73 Å². The van der Waals surface area contributed by atoms with Crippen molar-refractivity contribution in [1.29, 1.82) is 0 Å². The minimum absolute atomic E-state index is 0.102. The molecule has 0 aromatic heterocycles. The first-order valence-electron chi connectivity index (χ1n) is 6.78. The molecule has 0 radical (unpaired) electrons. The Hall–Kier alpha value is -0.0900. The highest BCUT2D eigenvalue weighted by Crippen LogP contribution is 2.39. The summed E-state index contributed by atoms with van der Waals surface area (Å²) in [4.78, 5) is 2.50. The van der Waals surface area contributed by atoms with E-state index < -0.39 is 0 Å². The van der Waals surface area contributed by atoms with Crippen molar-refractivity contribution in [3.05, 3.63) is 33.3 Å². The number of hydrogen-bond acceptors (Lipinski definition) is 2. The Morgan fingerprint density at radius 2 is 2.05 bits per heavy atom. The molecular formula is C15H22BrClN2. The smallest absolute Gasteiger partial charge is 0.0516 e. The molecule has 0 spiro atoms. The molecule has 2 N–H and O–H groups in total. The van der Waals surface area contributed by atoms with Gasteiger partial charge in [-0.3, -0.25) is 4.90 Å². The molecule has 1 aromatic carbocycles. The van der Waals surface area contributed by atoms with Crippen LogP contribution in [0.15, 0.2) is 22.7 Å². The van der Waals surface area contributed by atoms with Crippen molar-refractivity contribution in [3.8, 4) is 0 Å². The molecule has 0 aliphatic carbocycles. The van der Waals surface area contributed by atoms with Crippen molar-refractivity contribution in [2.45, 2.75) is 51.2 Å². The Kier molecular flexibility index (Phi) is 4.61. The van der Waals surface area contributed by atoms with Gasteiger partial charge in [-0.15, -0.1) is 0 Å². The van der Waals surface area contributed by atoms with Crippen LogP contribution in [0.1, 0.15) is 45.2 Å². The molecule has 1 aromatic rings. The van der Waals surface area contributed by atoms with Gasteiger partial charge in [-0.05, 0) is 63.9 Å². The zero-order chi connectivity index (χ0) is 14.2. The molecule has 0 saturated carbocycles. The average Bonchev–Trinajstić information content (AvgIpc) is 2.31. The van der Waals surface area contributed by atoms with Crippen molar-refractivity contribution in [1.82, 2.24) is 4.90 Å². The fourth-order valence-electron chi connectivity index (χ4n) is 2.92. The maximum absolute atomic E-state index is 6.41. The molecular weight excluding hydrogens is 324 g/mol. The van der Waals surface area contributed by atoms with E-state index in [0.29, 0.717) is 0 Å². The summed E-state index contributed by atoms with van der Waals surface area (Å²) in [5, 5.41) is 0.768. The number of halogens is 2. The first-order valence-corrected chi connectivity index (χ1v) is 7.95. The Bertz CT molecular complexity index is 456. The Morgan fingerprint density at radius 3 is 2.68 bits per heavy atom. The van der Waals surface area contributed by atoms with Crippen LogP contribution in [0.4, 0.5) is 0 Å². The lowest BCUT2D eigenvalue weighted by atomic mass is 9.87. The number of rotatable bonds is 1. The molecule has 1 saturated heterocycles. The molecule has 1 heterocycles. The summed E-state index contributed by atoms with van der Waals surface area (Å²) in [7, 11) is 0. The van der Waals surface area contributed by atoms with Gasteiger partial charge in [0.2, 0.25) is 0 Å². The minimum Gasteiger partial charge on any atom is -0.326 e. The van der Waals surface area contributed by atoms with Crippen LogP contribution < -0.4 is 5.73 Å². The molecule has 1 aliphatic heterocycles. The second-order valence-corrected chi connectivity index (χ2v) is 7.57. The number of nitrogens with zero attached hydrogens (tertiary/aromatic N) is 1. The molecule has 2 rings (SSSR count). The van der Waals surface area contributed by atoms with Gasteiger partial charge in [0, 0.05) is 21.1 Å². The van der Waals surface area contributed by atoms with E-state index in [4.69, 9.17) is 17.3 Å². The summed E-state index contributed by atoms with van der Waals surface area (Å²) >= 11 is 9.81. The van der Waals surface area contributed by atoms with Crippen LogP contribution in [0.5, 0.6) is 0 Å². The first kappa shape index (κ1) is 15.3. The highest BCUT2D eigenvalue weighted by Gasteiger charge is 2.37. The standard InChI is InChI=1S/C15H22BrClN2/c1-15(2,3)19-8-4-5-13(18)14(19)11-9-10(17)6-7-12(11)16/h6-7,9,13-14H,4-5,8,18H2,1-3H3. The zero-order valence-electron chi connectivity index (χ0n) is 11.8. The number of likely N-dealkylation sites (tertiary alicyclic amines) is 1. The molecule has 2 unspecified atom stereocenters. The van der Waals surface area contributed by atoms with E-state index in [9.17, 15) is 0 Å². The number of hydrogen-bond donors (Lipinski definition) is 1. The van der Waals surface area contributed by atoms with Gasteiger partial charge in [0.15, 0.2) is 0 Å². The van der Waals surface area contributed by atoms with E-state index in [1.54, 1.807) is 0 Å². The quantitative estimate of drug-likeness (QED) is 0.819. The van der Waals surface area contributed by atoms with Crippen LogP contribution in [0.3, 0.4) is 0 Å².